The molecule has 0 aromatic carbocycles. The van der Waals surface area contributed by atoms with Crippen molar-refractivity contribution in [2.45, 2.75) is 6.54 Å². The van der Waals surface area contributed by atoms with Gasteiger partial charge in [-0.15, -0.1) is 11.3 Å². The molecule has 108 valence electrons. The van der Waals surface area contributed by atoms with E-state index in [9.17, 15) is 4.79 Å². The van der Waals surface area contributed by atoms with E-state index in [2.05, 4.69) is 15.2 Å². The quantitative estimate of drug-likeness (QED) is 0.784. The lowest BCUT2D eigenvalue weighted by molar-refractivity contribution is 0.0607. The number of nitrogens with two attached hydrogens (primary N) is 1. The van der Waals surface area contributed by atoms with E-state index < -0.39 is 5.97 Å². The van der Waals surface area contributed by atoms with E-state index in [-0.39, 0.29) is 0 Å². The minimum atomic E-state index is -0.467. The number of nitrogens with one attached hydrogen (secondary N) is 1. The SMILES string of the molecule is COC(=O)c1sc(NCCn2cccn2)c(OC)c1N. The van der Waals surface area contributed by atoms with Crippen molar-refractivity contribution in [2.24, 2.45) is 0 Å². The van der Waals surface area contributed by atoms with E-state index in [1.807, 2.05) is 12.3 Å². The van der Waals surface area contributed by atoms with E-state index >= 15 is 0 Å². The average molecular weight is 296 g/mol. The number of hydrogen-bond acceptors (Lipinski definition) is 7. The molecule has 2 aromatic heterocycles. The molecule has 2 rings (SSSR count). The standard InChI is InChI=1S/C12H16N4O3S/c1-18-9-8(13)10(12(17)19-2)20-11(9)14-5-7-16-6-3-4-15-16/h3-4,6,14H,5,7,13H2,1-2H3. The van der Waals surface area contributed by atoms with Gasteiger partial charge < -0.3 is 20.5 Å². The number of methoxy groups -OCH3 is 2. The molecular formula is C12H16N4O3S. The van der Waals surface area contributed by atoms with E-state index in [1.165, 1.54) is 25.6 Å². The van der Waals surface area contributed by atoms with Gasteiger partial charge in [0.15, 0.2) is 5.75 Å². The summed E-state index contributed by atoms with van der Waals surface area (Å²) in [5.74, 6) is 0.00166. The lowest BCUT2D eigenvalue weighted by Gasteiger charge is -2.06. The maximum Gasteiger partial charge on any atom is 0.350 e. The molecule has 0 bridgehead atoms. The van der Waals surface area contributed by atoms with Gasteiger partial charge in [0.1, 0.15) is 15.6 Å². The van der Waals surface area contributed by atoms with Crippen molar-refractivity contribution in [1.29, 1.82) is 0 Å². The molecule has 7 nitrogen and oxygen atoms in total. The smallest absolute Gasteiger partial charge is 0.350 e. The molecule has 0 atom stereocenters. The van der Waals surface area contributed by atoms with Gasteiger partial charge >= 0.3 is 5.97 Å². The zero-order chi connectivity index (χ0) is 14.5. The van der Waals surface area contributed by atoms with Gasteiger partial charge in [-0.1, -0.05) is 0 Å². The predicted octanol–water partition coefficient (Wildman–Crippen LogP) is 1.43. The first-order chi connectivity index (χ1) is 9.67. The summed E-state index contributed by atoms with van der Waals surface area (Å²) in [4.78, 5) is 11.9. The topological polar surface area (TPSA) is 91.4 Å². The number of thiophene rings is 1. The molecule has 2 heterocycles. The molecule has 3 N–H and O–H groups in total. The highest BCUT2D eigenvalue weighted by Crippen LogP contribution is 2.42. The zero-order valence-corrected chi connectivity index (χ0v) is 12.1. The first-order valence-electron chi connectivity index (χ1n) is 5.93. The summed E-state index contributed by atoms with van der Waals surface area (Å²) >= 11 is 1.22. The van der Waals surface area contributed by atoms with Crippen molar-refractivity contribution in [3.63, 3.8) is 0 Å². The van der Waals surface area contributed by atoms with Gasteiger partial charge in [-0.3, -0.25) is 4.68 Å². The Labute approximate surface area is 120 Å². The number of nitrogen functional groups attached to an aromatic ring is 1. The summed E-state index contributed by atoms with van der Waals surface area (Å²) in [6.07, 6.45) is 3.60. The maximum absolute atomic E-state index is 11.6. The van der Waals surface area contributed by atoms with Gasteiger partial charge in [-0.25, -0.2) is 4.79 Å². The van der Waals surface area contributed by atoms with Crippen LogP contribution in [0.5, 0.6) is 5.75 Å². The summed E-state index contributed by atoms with van der Waals surface area (Å²) in [5, 5.41) is 8.00. The highest BCUT2D eigenvalue weighted by molar-refractivity contribution is 7.19. The fraction of sp³-hybridized carbons (Fsp3) is 0.333. The number of hydrogen-bond donors (Lipinski definition) is 2. The Balaban J connectivity index is 2.08. The number of carbonyl (C=O) groups excluding carboxylic acids is 1. The number of ether oxygens (including phenoxy) is 2. The minimum Gasteiger partial charge on any atom is -0.492 e. The van der Waals surface area contributed by atoms with Crippen LogP contribution in [-0.2, 0) is 11.3 Å². The maximum atomic E-state index is 11.6. The second-order valence-electron chi connectivity index (χ2n) is 3.89. The van der Waals surface area contributed by atoms with Crippen LogP contribution in [-0.4, -0.2) is 36.5 Å². The highest BCUT2D eigenvalue weighted by Gasteiger charge is 2.22. The minimum absolute atomic E-state index is 0.297. The van der Waals surface area contributed by atoms with Gasteiger partial charge in [0.05, 0.1) is 20.8 Å². The normalized spacial score (nSPS) is 10.3. The van der Waals surface area contributed by atoms with Crippen molar-refractivity contribution in [3.05, 3.63) is 23.3 Å². The van der Waals surface area contributed by atoms with Crippen LogP contribution in [0.15, 0.2) is 18.5 Å². The van der Waals surface area contributed by atoms with Crippen LogP contribution in [0.25, 0.3) is 0 Å². The van der Waals surface area contributed by atoms with Crippen LogP contribution in [0, 0.1) is 0 Å². The number of aromatic nitrogens is 2. The van der Waals surface area contributed by atoms with Crippen LogP contribution in [0.4, 0.5) is 10.7 Å². The third-order valence-corrected chi connectivity index (χ3v) is 3.78. The lowest BCUT2D eigenvalue weighted by Crippen LogP contribution is -2.10. The van der Waals surface area contributed by atoms with Gasteiger partial charge in [0, 0.05) is 18.9 Å². The zero-order valence-electron chi connectivity index (χ0n) is 11.3. The molecule has 0 saturated heterocycles. The van der Waals surface area contributed by atoms with Crippen molar-refractivity contribution in [3.8, 4) is 5.75 Å². The Morgan fingerprint density at radius 2 is 2.35 bits per heavy atom. The molecule has 0 amide bonds. The van der Waals surface area contributed by atoms with Gasteiger partial charge in [-0.05, 0) is 6.07 Å². The van der Waals surface area contributed by atoms with Crippen molar-refractivity contribution in [1.82, 2.24) is 9.78 Å². The van der Waals surface area contributed by atoms with Gasteiger partial charge in [0.2, 0.25) is 0 Å². The third kappa shape index (κ3) is 2.85. The summed E-state index contributed by atoms with van der Waals surface area (Å²) in [5.41, 5.74) is 6.18. The molecule has 8 heteroatoms. The van der Waals surface area contributed by atoms with E-state index in [0.717, 1.165) is 0 Å². The Hall–Kier alpha value is -2.22. The van der Waals surface area contributed by atoms with Crippen LogP contribution in [0.1, 0.15) is 9.67 Å². The number of esters is 1. The van der Waals surface area contributed by atoms with Crippen LogP contribution < -0.4 is 15.8 Å². The molecule has 0 saturated carbocycles. The number of anilines is 2. The van der Waals surface area contributed by atoms with Gasteiger partial charge in [-0.2, -0.15) is 5.10 Å². The highest BCUT2D eigenvalue weighted by atomic mass is 32.1. The largest absolute Gasteiger partial charge is 0.492 e. The Bertz CT molecular complexity index is 580. The molecule has 0 aliphatic rings. The first kappa shape index (κ1) is 14.2. The summed E-state index contributed by atoms with van der Waals surface area (Å²) in [6.45, 7) is 1.33. The third-order valence-electron chi connectivity index (χ3n) is 2.66. The molecule has 2 aromatic rings. The second kappa shape index (κ2) is 6.29. The molecule has 0 spiro atoms. The monoisotopic (exact) mass is 296 g/mol. The summed E-state index contributed by atoms with van der Waals surface area (Å²) in [7, 11) is 2.83. The number of nitrogens with zero attached hydrogens (tertiary/aromatic N) is 2. The Morgan fingerprint density at radius 3 is 2.95 bits per heavy atom. The Kier molecular flexibility index (Phi) is 4.46. The molecular weight excluding hydrogens is 280 g/mol. The van der Waals surface area contributed by atoms with E-state index in [4.69, 9.17) is 10.5 Å². The number of rotatable bonds is 6. The van der Waals surface area contributed by atoms with Crippen LogP contribution >= 0.6 is 11.3 Å². The molecule has 20 heavy (non-hydrogen) atoms. The van der Waals surface area contributed by atoms with E-state index in [1.54, 1.807) is 10.9 Å². The fourth-order valence-corrected chi connectivity index (χ4v) is 2.74. The average Bonchev–Trinajstić information content (AvgIpc) is 3.06. The Morgan fingerprint density at radius 1 is 1.55 bits per heavy atom. The van der Waals surface area contributed by atoms with Crippen LogP contribution in [0.3, 0.4) is 0 Å². The van der Waals surface area contributed by atoms with E-state index in [0.29, 0.717) is 34.4 Å². The van der Waals surface area contributed by atoms with Gasteiger partial charge in [0.25, 0.3) is 0 Å². The lowest BCUT2D eigenvalue weighted by atomic mass is 10.3. The van der Waals surface area contributed by atoms with Crippen LogP contribution in [0.2, 0.25) is 0 Å². The molecule has 0 unspecified atom stereocenters. The molecule has 0 aliphatic heterocycles. The van der Waals surface area contributed by atoms with Crippen molar-refractivity contribution >= 4 is 28.0 Å². The van der Waals surface area contributed by atoms with Crippen molar-refractivity contribution < 1.29 is 14.3 Å². The summed E-state index contributed by atoms with van der Waals surface area (Å²) in [6, 6.07) is 1.86. The fourth-order valence-electron chi connectivity index (χ4n) is 1.71. The first-order valence-corrected chi connectivity index (χ1v) is 6.75. The predicted molar refractivity (Wildman–Crippen MR) is 77.3 cm³/mol. The molecule has 0 radical (unpaired) electrons. The second-order valence-corrected chi connectivity index (χ2v) is 4.92. The molecule has 0 fully saturated rings. The summed E-state index contributed by atoms with van der Waals surface area (Å²) < 4.78 is 11.7. The number of carbonyl (C=O) groups is 1. The van der Waals surface area contributed by atoms with Crippen molar-refractivity contribution in [2.75, 3.05) is 31.8 Å². The molecule has 0 aliphatic carbocycles.